The number of amides is 2. The average Bonchev–Trinajstić information content (AvgIpc) is 2.88. The maximum atomic E-state index is 11.7. The number of primary amides is 1. The standard InChI is InChI=1S/C13H16N4O3/c14-13(19)11-6-15-9-17(11)16-12(18)8-20-7-10-4-2-1-3-5-10/h1-6,11H,7-9H2,(H2,14,19)(H,16,18). The van der Waals surface area contributed by atoms with Crippen LogP contribution in [0.4, 0.5) is 0 Å². The molecule has 1 heterocycles. The molecule has 0 radical (unpaired) electrons. The maximum absolute atomic E-state index is 11.7. The fraction of sp³-hybridized carbons (Fsp3) is 0.308. The Kier molecular flexibility index (Phi) is 4.80. The van der Waals surface area contributed by atoms with Gasteiger partial charge in [0.15, 0.2) is 0 Å². The van der Waals surface area contributed by atoms with Crippen molar-refractivity contribution in [3.8, 4) is 0 Å². The van der Waals surface area contributed by atoms with Crippen LogP contribution in [0.15, 0.2) is 35.3 Å². The Morgan fingerprint density at radius 3 is 2.85 bits per heavy atom. The summed E-state index contributed by atoms with van der Waals surface area (Å²) in [5, 5.41) is 1.37. The van der Waals surface area contributed by atoms with Crippen LogP contribution in [0, 0.1) is 0 Å². The van der Waals surface area contributed by atoms with Crippen molar-refractivity contribution >= 4 is 18.0 Å². The largest absolute Gasteiger partial charge is 0.368 e. The van der Waals surface area contributed by atoms with E-state index in [0.717, 1.165) is 5.56 Å². The summed E-state index contributed by atoms with van der Waals surface area (Å²) in [4.78, 5) is 26.7. The van der Waals surface area contributed by atoms with Gasteiger partial charge in [-0.1, -0.05) is 30.3 Å². The minimum Gasteiger partial charge on any atom is -0.368 e. The van der Waals surface area contributed by atoms with Gasteiger partial charge in [0.1, 0.15) is 19.3 Å². The molecule has 0 aromatic heterocycles. The second kappa shape index (κ2) is 6.78. The molecule has 0 bridgehead atoms. The molecule has 1 aliphatic rings. The summed E-state index contributed by atoms with van der Waals surface area (Å²) in [5.74, 6) is -0.908. The summed E-state index contributed by atoms with van der Waals surface area (Å²) in [6.07, 6.45) is 1.41. The van der Waals surface area contributed by atoms with Gasteiger partial charge < -0.3 is 10.5 Å². The lowest BCUT2D eigenvalue weighted by Gasteiger charge is -2.20. The topological polar surface area (TPSA) is 97.0 Å². The molecule has 106 valence electrons. The number of rotatable bonds is 6. The average molecular weight is 276 g/mol. The molecular weight excluding hydrogens is 260 g/mol. The van der Waals surface area contributed by atoms with Crippen LogP contribution in [0.3, 0.4) is 0 Å². The van der Waals surface area contributed by atoms with Gasteiger partial charge in [-0.25, -0.2) is 0 Å². The Labute approximate surface area is 116 Å². The number of nitrogens with two attached hydrogens (primary N) is 1. The number of hydrogen-bond donors (Lipinski definition) is 2. The van der Waals surface area contributed by atoms with Crippen molar-refractivity contribution in [3.05, 3.63) is 35.9 Å². The molecular formula is C13H16N4O3. The monoisotopic (exact) mass is 276 g/mol. The van der Waals surface area contributed by atoms with Crippen LogP contribution in [-0.2, 0) is 20.9 Å². The Balaban J connectivity index is 1.72. The molecule has 2 rings (SSSR count). The molecule has 0 saturated carbocycles. The zero-order valence-electron chi connectivity index (χ0n) is 10.9. The summed E-state index contributed by atoms with van der Waals surface area (Å²) in [5.41, 5.74) is 8.71. The molecule has 1 unspecified atom stereocenters. The van der Waals surface area contributed by atoms with Gasteiger partial charge in [0.25, 0.3) is 5.91 Å². The lowest BCUT2D eigenvalue weighted by Crippen LogP contribution is -2.52. The van der Waals surface area contributed by atoms with Crippen LogP contribution in [-0.4, -0.2) is 42.4 Å². The predicted molar refractivity (Wildman–Crippen MR) is 72.4 cm³/mol. The first-order valence-corrected chi connectivity index (χ1v) is 6.14. The molecule has 1 aromatic rings. The van der Waals surface area contributed by atoms with Gasteiger partial charge in [-0.15, -0.1) is 0 Å². The van der Waals surface area contributed by atoms with E-state index in [2.05, 4.69) is 10.4 Å². The first kappa shape index (κ1) is 14.2. The zero-order chi connectivity index (χ0) is 14.4. The SMILES string of the molecule is NC(=O)C1C=NCN1NC(=O)COCc1ccccc1. The molecule has 7 heteroatoms. The minimum absolute atomic E-state index is 0.100. The molecule has 2 amide bonds. The normalized spacial score (nSPS) is 18.1. The Morgan fingerprint density at radius 1 is 1.40 bits per heavy atom. The molecule has 1 aromatic carbocycles. The van der Waals surface area contributed by atoms with Crippen molar-refractivity contribution in [2.75, 3.05) is 13.3 Å². The number of nitrogens with zero attached hydrogens (tertiary/aromatic N) is 2. The van der Waals surface area contributed by atoms with Crippen molar-refractivity contribution in [1.29, 1.82) is 0 Å². The van der Waals surface area contributed by atoms with Gasteiger partial charge in [-0.2, -0.15) is 5.01 Å². The van der Waals surface area contributed by atoms with Crippen molar-refractivity contribution in [2.45, 2.75) is 12.6 Å². The smallest absolute Gasteiger partial charge is 0.260 e. The van der Waals surface area contributed by atoms with Crippen molar-refractivity contribution in [2.24, 2.45) is 10.7 Å². The van der Waals surface area contributed by atoms with E-state index in [1.54, 1.807) is 0 Å². The number of carbonyl (C=O) groups is 2. The third-order valence-corrected chi connectivity index (χ3v) is 2.72. The van der Waals surface area contributed by atoms with E-state index < -0.39 is 11.9 Å². The minimum atomic E-state index is -0.701. The van der Waals surface area contributed by atoms with E-state index in [1.165, 1.54) is 11.2 Å². The summed E-state index contributed by atoms with van der Waals surface area (Å²) in [6.45, 7) is 0.457. The summed E-state index contributed by atoms with van der Waals surface area (Å²) >= 11 is 0. The first-order chi connectivity index (χ1) is 9.66. The Morgan fingerprint density at radius 2 is 2.15 bits per heavy atom. The van der Waals surface area contributed by atoms with Crippen molar-refractivity contribution in [1.82, 2.24) is 10.4 Å². The van der Waals surface area contributed by atoms with E-state index in [9.17, 15) is 9.59 Å². The maximum Gasteiger partial charge on any atom is 0.260 e. The summed E-state index contributed by atoms with van der Waals surface area (Å²) in [6, 6.07) is 8.83. The van der Waals surface area contributed by atoms with Crippen LogP contribution in [0.25, 0.3) is 0 Å². The Bertz CT molecular complexity index is 504. The van der Waals surface area contributed by atoms with Gasteiger partial charge in [0.05, 0.1) is 6.61 Å². The summed E-state index contributed by atoms with van der Waals surface area (Å²) < 4.78 is 5.29. The summed E-state index contributed by atoms with van der Waals surface area (Å²) in [7, 11) is 0. The number of hydrogen-bond acceptors (Lipinski definition) is 5. The second-order valence-electron chi connectivity index (χ2n) is 4.30. The number of hydrazine groups is 1. The molecule has 0 saturated heterocycles. The highest BCUT2D eigenvalue weighted by Gasteiger charge is 2.27. The van der Waals surface area contributed by atoms with Gasteiger partial charge in [-0.05, 0) is 5.56 Å². The van der Waals surface area contributed by atoms with E-state index in [4.69, 9.17) is 10.5 Å². The van der Waals surface area contributed by atoms with Crippen LogP contribution in [0.1, 0.15) is 5.56 Å². The fourth-order valence-corrected chi connectivity index (χ4v) is 1.76. The van der Waals surface area contributed by atoms with Gasteiger partial charge in [-0.3, -0.25) is 20.0 Å². The highest BCUT2D eigenvalue weighted by Crippen LogP contribution is 2.02. The molecule has 0 fully saturated rings. The highest BCUT2D eigenvalue weighted by atomic mass is 16.5. The van der Waals surface area contributed by atoms with Gasteiger partial charge in [0, 0.05) is 6.21 Å². The fourth-order valence-electron chi connectivity index (χ4n) is 1.76. The third kappa shape index (κ3) is 3.87. The Hall–Kier alpha value is -2.25. The zero-order valence-corrected chi connectivity index (χ0v) is 10.9. The quantitative estimate of drug-likeness (QED) is 0.727. The predicted octanol–water partition coefficient (Wildman–Crippen LogP) is -0.568. The van der Waals surface area contributed by atoms with E-state index in [0.29, 0.717) is 6.61 Å². The van der Waals surface area contributed by atoms with Crippen LogP contribution < -0.4 is 11.2 Å². The van der Waals surface area contributed by atoms with Gasteiger partial charge in [0.2, 0.25) is 5.91 Å². The number of carbonyl (C=O) groups excluding carboxylic acids is 2. The van der Waals surface area contributed by atoms with Crippen LogP contribution >= 0.6 is 0 Å². The van der Waals surface area contributed by atoms with E-state index in [-0.39, 0.29) is 19.2 Å². The third-order valence-electron chi connectivity index (χ3n) is 2.72. The van der Waals surface area contributed by atoms with Crippen LogP contribution in [0.2, 0.25) is 0 Å². The number of benzene rings is 1. The highest BCUT2D eigenvalue weighted by molar-refractivity contribution is 5.97. The number of aliphatic imine (C=N–C) groups is 1. The van der Waals surface area contributed by atoms with E-state index in [1.807, 2.05) is 30.3 Å². The molecule has 1 atom stereocenters. The van der Waals surface area contributed by atoms with Crippen molar-refractivity contribution < 1.29 is 14.3 Å². The molecule has 1 aliphatic heterocycles. The van der Waals surface area contributed by atoms with Crippen LogP contribution in [0.5, 0.6) is 0 Å². The van der Waals surface area contributed by atoms with Gasteiger partial charge >= 0.3 is 0 Å². The molecule has 0 aliphatic carbocycles. The second-order valence-corrected chi connectivity index (χ2v) is 4.30. The lowest BCUT2D eigenvalue weighted by atomic mass is 10.2. The van der Waals surface area contributed by atoms with E-state index >= 15 is 0 Å². The molecule has 0 spiro atoms. The lowest BCUT2D eigenvalue weighted by molar-refractivity contribution is -0.133. The van der Waals surface area contributed by atoms with Crippen molar-refractivity contribution in [3.63, 3.8) is 0 Å². The molecule has 7 nitrogen and oxygen atoms in total. The number of ether oxygens (including phenoxy) is 1. The first-order valence-electron chi connectivity index (χ1n) is 6.14. The molecule has 3 N–H and O–H groups in total. The number of nitrogens with one attached hydrogen (secondary N) is 1. The molecule has 20 heavy (non-hydrogen) atoms.